The van der Waals surface area contributed by atoms with E-state index in [4.69, 9.17) is 4.74 Å². The average molecular weight is 226 g/mol. The Labute approximate surface area is 97.3 Å². The van der Waals surface area contributed by atoms with Gasteiger partial charge in [-0.3, -0.25) is 4.79 Å². The molecule has 0 aliphatic carbocycles. The van der Waals surface area contributed by atoms with Gasteiger partial charge in [0, 0.05) is 32.3 Å². The van der Waals surface area contributed by atoms with E-state index in [1.54, 1.807) is 0 Å². The predicted molar refractivity (Wildman–Crippen MR) is 62.1 cm³/mol. The van der Waals surface area contributed by atoms with Crippen molar-refractivity contribution in [2.45, 2.75) is 26.3 Å². The summed E-state index contributed by atoms with van der Waals surface area (Å²) in [7, 11) is 0. The summed E-state index contributed by atoms with van der Waals surface area (Å²) in [6, 6.07) is 0.397. The van der Waals surface area contributed by atoms with Gasteiger partial charge in [0.25, 0.3) is 0 Å². The minimum Gasteiger partial charge on any atom is -0.381 e. The molecular weight excluding hydrogens is 204 g/mol. The van der Waals surface area contributed by atoms with Crippen LogP contribution in [-0.2, 0) is 9.53 Å². The zero-order chi connectivity index (χ0) is 11.5. The van der Waals surface area contributed by atoms with E-state index in [9.17, 15) is 4.79 Å². The third kappa shape index (κ3) is 2.23. The number of hydrogen-bond donors (Lipinski definition) is 1. The van der Waals surface area contributed by atoms with Crippen LogP contribution in [0.4, 0.5) is 0 Å². The molecule has 0 spiro atoms. The summed E-state index contributed by atoms with van der Waals surface area (Å²) in [5.41, 5.74) is 0. The molecule has 2 aliphatic rings. The van der Waals surface area contributed by atoms with Crippen molar-refractivity contribution in [1.29, 1.82) is 0 Å². The van der Waals surface area contributed by atoms with Crippen LogP contribution in [0.15, 0.2) is 0 Å². The number of ether oxygens (including phenoxy) is 1. The highest BCUT2D eigenvalue weighted by Gasteiger charge is 2.43. The summed E-state index contributed by atoms with van der Waals surface area (Å²) < 4.78 is 5.23. The minimum absolute atomic E-state index is 0.260. The molecule has 0 aromatic carbocycles. The van der Waals surface area contributed by atoms with Gasteiger partial charge >= 0.3 is 0 Å². The van der Waals surface area contributed by atoms with E-state index >= 15 is 0 Å². The number of nitrogens with zero attached hydrogens (tertiary/aromatic N) is 1. The fourth-order valence-electron chi connectivity index (χ4n) is 2.94. The van der Waals surface area contributed by atoms with Crippen LogP contribution in [0, 0.1) is 11.8 Å². The first-order valence-corrected chi connectivity index (χ1v) is 6.32. The monoisotopic (exact) mass is 226 g/mol. The summed E-state index contributed by atoms with van der Waals surface area (Å²) in [6.45, 7) is 8.47. The third-order valence-electron chi connectivity index (χ3n) is 3.92. The SMILES string of the molecule is CCOCCC(=O)N1CC2CNCC2C1C. The van der Waals surface area contributed by atoms with E-state index < -0.39 is 0 Å². The molecule has 0 saturated carbocycles. The van der Waals surface area contributed by atoms with Gasteiger partial charge in [-0.15, -0.1) is 0 Å². The van der Waals surface area contributed by atoms with Crippen molar-refractivity contribution in [3.63, 3.8) is 0 Å². The van der Waals surface area contributed by atoms with Gasteiger partial charge in [0.15, 0.2) is 0 Å². The Bertz CT molecular complexity index is 257. The zero-order valence-corrected chi connectivity index (χ0v) is 10.2. The summed E-state index contributed by atoms with van der Waals surface area (Å²) in [5, 5.41) is 3.40. The van der Waals surface area contributed by atoms with E-state index in [0.29, 0.717) is 37.5 Å². The first-order chi connectivity index (χ1) is 7.74. The largest absolute Gasteiger partial charge is 0.381 e. The van der Waals surface area contributed by atoms with E-state index in [2.05, 4.69) is 17.1 Å². The van der Waals surface area contributed by atoms with Crippen molar-refractivity contribution < 1.29 is 9.53 Å². The van der Waals surface area contributed by atoms with Gasteiger partial charge in [-0.2, -0.15) is 0 Å². The van der Waals surface area contributed by atoms with E-state index in [1.807, 2.05) is 6.92 Å². The number of hydrogen-bond acceptors (Lipinski definition) is 3. The number of fused-ring (bicyclic) bond motifs is 1. The zero-order valence-electron chi connectivity index (χ0n) is 10.2. The van der Waals surface area contributed by atoms with Gasteiger partial charge in [0.1, 0.15) is 0 Å². The Kier molecular flexibility index (Phi) is 3.82. The van der Waals surface area contributed by atoms with Crippen LogP contribution >= 0.6 is 0 Å². The first kappa shape index (κ1) is 11.9. The third-order valence-corrected chi connectivity index (χ3v) is 3.92. The van der Waals surface area contributed by atoms with Crippen LogP contribution in [0.1, 0.15) is 20.3 Å². The van der Waals surface area contributed by atoms with E-state index in [0.717, 1.165) is 19.6 Å². The second-order valence-electron chi connectivity index (χ2n) is 4.82. The molecule has 4 nitrogen and oxygen atoms in total. The second-order valence-corrected chi connectivity index (χ2v) is 4.82. The lowest BCUT2D eigenvalue weighted by molar-refractivity contribution is -0.133. The van der Waals surface area contributed by atoms with Crippen molar-refractivity contribution in [1.82, 2.24) is 10.2 Å². The highest BCUT2D eigenvalue weighted by molar-refractivity contribution is 5.77. The highest BCUT2D eigenvalue weighted by Crippen LogP contribution is 2.32. The van der Waals surface area contributed by atoms with E-state index in [-0.39, 0.29) is 5.91 Å². The Balaban J connectivity index is 1.83. The number of carbonyl (C=O) groups is 1. The molecule has 3 atom stereocenters. The van der Waals surface area contributed by atoms with Crippen molar-refractivity contribution in [3.05, 3.63) is 0 Å². The topological polar surface area (TPSA) is 41.6 Å². The summed E-state index contributed by atoms with van der Waals surface area (Å²) in [4.78, 5) is 14.0. The molecule has 0 aromatic heterocycles. The van der Waals surface area contributed by atoms with Gasteiger partial charge in [0.05, 0.1) is 13.0 Å². The Morgan fingerprint density at radius 2 is 2.31 bits per heavy atom. The quantitative estimate of drug-likeness (QED) is 0.709. The molecule has 2 rings (SSSR count). The smallest absolute Gasteiger partial charge is 0.225 e. The molecule has 2 heterocycles. The molecule has 1 amide bonds. The molecule has 2 fully saturated rings. The Morgan fingerprint density at radius 1 is 1.50 bits per heavy atom. The van der Waals surface area contributed by atoms with Gasteiger partial charge in [-0.05, 0) is 25.7 Å². The number of carbonyl (C=O) groups excluding carboxylic acids is 1. The van der Waals surface area contributed by atoms with Crippen molar-refractivity contribution >= 4 is 5.91 Å². The predicted octanol–water partition coefficient (Wildman–Crippen LogP) is 0.479. The second kappa shape index (κ2) is 5.15. The fourth-order valence-corrected chi connectivity index (χ4v) is 2.94. The molecule has 16 heavy (non-hydrogen) atoms. The van der Waals surface area contributed by atoms with Crippen molar-refractivity contribution in [3.8, 4) is 0 Å². The van der Waals surface area contributed by atoms with Gasteiger partial charge in [0.2, 0.25) is 5.91 Å². The normalized spacial score (nSPS) is 33.1. The number of amides is 1. The summed E-state index contributed by atoms with van der Waals surface area (Å²) in [5.74, 6) is 1.59. The summed E-state index contributed by atoms with van der Waals surface area (Å²) >= 11 is 0. The molecule has 4 heteroatoms. The molecule has 2 saturated heterocycles. The Morgan fingerprint density at radius 3 is 3.00 bits per heavy atom. The molecule has 92 valence electrons. The lowest BCUT2D eigenvalue weighted by atomic mass is 9.95. The number of nitrogens with one attached hydrogen (secondary N) is 1. The van der Waals surface area contributed by atoms with Crippen LogP contribution in [0.5, 0.6) is 0 Å². The maximum absolute atomic E-state index is 12.0. The van der Waals surface area contributed by atoms with Crippen LogP contribution in [0.3, 0.4) is 0 Å². The van der Waals surface area contributed by atoms with Gasteiger partial charge in [-0.1, -0.05) is 0 Å². The van der Waals surface area contributed by atoms with Crippen LogP contribution in [-0.4, -0.2) is 49.7 Å². The van der Waals surface area contributed by atoms with Gasteiger partial charge < -0.3 is 15.0 Å². The molecule has 0 aromatic rings. The summed E-state index contributed by atoms with van der Waals surface area (Å²) in [6.07, 6.45) is 0.533. The number of rotatable bonds is 4. The Hall–Kier alpha value is -0.610. The lowest BCUT2D eigenvalue weighted by Crippen LogP contribution is -2.38. The lowest BCUT2D eigenvalue weighted by Gasteiger charge is -2.24. The van der Waals surface area contributed by atoms with Crippen molar-refractivity contribution in [2.75, 3.05) is 32.8 Å². The standard InChI is InChI=1S/C12H22N2O2/c1-3-16-5-4-12(15)14-8-10-6-13-7-11(10)9(14)2/h9-11,13H,3-8H2,1-2H3. The first-order valence-electron chi connectivity index (χ1n) is 6.32. The van der Waals surface area contributed by atoms with Crippen LogP contribution < -0.4 is 5.32 Å². The minimum atomic E-state index is 0.260. The fraction of sp³-hybridized carbons (Fsp3) is 0.917. The molecule has 2 aliphatic heterocycles. The molecule has 0 radical (unpaired) electrons. The van der Waals surface area contributed by atoms with Crippen molar-refractivity contribution in [2.24, 2.45) is 11.8 Å². The maximum Gasteiger partial charge on any atom is 0.225 e. The van der Waals surface area contributed by atoms with Gasteiger partial charge in [-0.25, -0.2) is 0 Å². The maximum atomic E-state index is 12.0. The van der Waals surface area contributed by atoms with Crippen LogP contribution in [0.25, 0.3) is 0 Å². The molecule has 3 unspecified atom stereocenters. The highest BCUT2D eigenvalue weighted by atomic mass is 16.5. The molecule has 1 N–H and O–H groups in total. The molecular formula is C12H22N2O2. The average Bonchev–Trinajstić information content (AvgIpc) is 2.82. The van der Waals surface area contributed by atoms with Crippen LogP contribution in [0.2, 0.25) is 0 Å². The molecule has 0 bridgehead atoms. The van der Waals surface area contributed by atoms with E-state index in [1.165, 1.54) is 0 Å². The number of likely N-dealkylation sites (tertiary alicyclic amines) is 1.